The number of aromatic nitrogens is 2. The van der Waals surface area contributed by atoms with Crippen LogP contribution in [0.1, 0.15) is 30.0 Å². The van der Waals surface area contributed by atoms with Gasteiger partial charge >= 0.3 is 5.63 Å². The van der Waals surface area contributed by atoms with E-state index in [1.54, 1.807) is 19.2 Å². The van der Waals surface area contributed by atoms with Crippen LogP contribution >= 0.6 is 11.3 Å². The van der Waals surface area contributed by atoms with Crippen LogP contribution in [-0.2, 0) is 4.79 Å². The third-order valence-electron chi connectivity index (χ3n) is 4.39. The number of thiophene rings is 1. The lowest BCUT2D eigenvalue weighted by Gasteiger charge is -2.10. The van der Waals surface area contributed by atoms with Gasteiger partial charge in [-0.05, 0) is 48.6 Å². The highest BCUT2D eigenvalue weighted by atomic mass is 32.1. The molecule has 0 saturated heterocycles. The molecule has 0 bridgehead atoms. The molecule has 0 spiro atoms. The normalized spacial score (nSPS) is 12.6. The second kappa shape index (κ2) is 7.36. The van der Waals surface area contributed by atoms with Gasteiger partial charge in [-0.1, -0.05) is 18.2 Å². The Bertz CT molecular complexity index is 1270. The van der Waals surface area contributed by atoms with Gasteiger partial charge in [0.25, 0.3) is 0 Å². The Labute approximate surface area is 164 Å². The standard InChI is InChI=1S/C21H17N3O3S/c1-12-11-28-20-18(12)21(26)27-19(24-20)13(2)23-17(25)8-7-14-9-10-22-16-6-4-3-5-15(14)16/h3-11,13H,1-2H3,(H,23,25)/b8-7+. The molecule has 0 aliphatic heterocycles. The highest BCUT2D eigenvalue weighted by Gasteiger charge is 2.16. The second-order valence-corrected chi connectivity index (χ2v) is 7.28. The molecule has 0 aliphatic carbocycles. The zero-order valence-corrected chi connectivity index (χ0v) is 16.1. The monoisotopic (exact) mass is 391 g/mol. The van der Waals surface area contributed by atoms with Gasteiger partial charge in [0, 0.05) is 17.7 Å². The van der Waals surface area contributed by atoms with Crippen molar-refractivity contribution < 1.29 is 9.21 Å². The maximum absolute atomic E-state index is 12.3. The van der Waals surface area contributed by atoms with Crippen molar-refractivity contribution in [1.82, 2.24) is 15.3 Å². The summed E-state index contributed by atoms with van der Waals surface area (Å²) in [6.07, 6.45) is 4.89. The van der Waals surface area contributed by atoms with Crippen molar-refractivity contribution in [3.05, 3.63) is 75.4 Å². The van der Waals surface area contributed by atoms with E-state index in [1.165, 1.54) is 17.4 Å². The lowest BCUT2D eigenvalue weighted by molar-refractivity contribution is -0.117. The molecule has 4 aromatic rings. The van der Waals surface area contributed by atoms with Gasteiger partial charge < -0.3 is 9.73 Å². The number of carbonyl (C=O) groups is 1. The van der Waals surface area contributed by atoms with E-state index in [2.05, 4.69) is 15.3 Å². The first-order valence-corrected chi connectivity index (χ1v) is 9.62. The number of fused-ring (bicyclic) bond motifs is 2. The molecule has 0 fully saturated rings. The van der Waals surface area contributed by atoms with Crippen molar-refractivity contribution in [2.75, 3.05) is 0 Å². The van der Waals surface area contributed by atoms with E-state index in [9.17, 15) is 9.59 Å². The highest BCUT2D eigenvalue weighted by molar-refractivity contribution is 7.16. The fourth-order valence-corrected chi connectivity index (χ4v) is 3.88. The van der Waals surface area contributed by atoms with Gasteiger partial charge in [0.1, 0.15) is 10.9 Å². The van der Waals surface area contributed by atoms with Crippen LogP contribution in [0.4, 0.5) is 0 Å². The fourth-order valence-electron chi connectivity index (χ4n) is 2.97. The smallest absolute Gasteiger partial charge is 0.348 e. The Balaban J connectivity index is 1.53. The van der Waals surface area contributed by atoms with Gasteiger partial charge in [0.2, 0.25) is 11.8 Å². The van der Waals surface area contributed by atoms with Crippen LogP contribution < -0.4 is 10.9 Å². The number of nitrogens with zero attached hydrogens (tertiary/aromatic N) is 2. The minimum atomic E-state index is -0.536. The molecule has 7 heteroatoms. The molecule has 1 unspecified atom stereocenters. The summed E-state index contributed by atoms with van der Waals surface area (Å²) in [6, 6.07) is 9.04. The van der Waals surface area contributed by atoms with Gasteiger partial charge in [-0.15, -0.1) is 11.3 Å². The molecule has 4 rings (SSSR count). The number of hydrogen-bond acceptors (Lipinski definition) is 6. The zero-order chi connectivity index (χ0) is 19.7. The van der Waals surface area contributed by atoms with E-state index >= 15 is 0 Å². The van der Waals surface area contributed by atoms with E-state index < -0.39 is 11.7 Å². The average Bonchev–Trinajstić information content (AvgIpc) is 3.07. The molecule has 0 saturated carbocycles. The van der Waals surface area contributed by atoms with Gasteiger partial charge in [0.05, 0.1) is 10.9 Å². The number of para-hydroxylation sites is 1. The number of hydrogen-bond donors (Lipinski definition) is 1. The molecule has 140 valence electrons. The molecule has 3 heterocycles. The van der Waals surface area contributed by atoms with Gasteiger partial charge in [-0.3, -0.25) is 9.78 Å². The number of benzene rings is 1. The number of aryl methyl sites for hydroxylation is 1. The molecule has 1 N–H and O–H groups in total. The van der Waals surface area contributed by atoms with E-state index in [0.29, 0.717) is 10.2 Å². The van der Waals surface area contributed by atoms with Crippen molar-refractivity contribution in [1.29, 1.82) is 0 Å². The summed E-state index contributed by atoms with van der Waals surface area (Å²) in [5, 5.41) is 6.11. The summed E-state index contributed by atoms with van der Waals surface area (Å²) >= 11 is 1.38. The largest absolute Gasteiger partial charge is 0.406 e. The number of carbonyl (C=O) groups excluding carboxylic acids is 1. The van der Waals surface area contributed by atoms with Crippen LogP contribution in [0.2, 0.25) is 0 Å². The fraction of sp³-hybridized carbons (Fsp3) is 0.143. The summed E-state index contributed by atoms with van der Waals surface area (Å²) in [5.74, 6) is -0.115. The first-order chi connectivity index (χ1) is 13.5. The minimum Gasteiger partial charge on any atom is -0.406 e. The van der Waals surface area contributed by atoms with Crippen molar-refractivity contribution in [3.8, 4) is 0 Å². The second-order valence-electron chi connectivity index (χ2n) is 6.42. The van der Waals surface area contributed by atoms with Gasteiger partial charge in [-0.25, -0.2) is 9.78 Å². The van der Waals surface area contributed by atoms with Gasteiger partial charge in [0.15, 0.2) is 0 Å². The Kier molecular flexibility index (Phi) is 4.75. The first kappa shape index (κ1) is 18.1. The van der Waals surface area contributed by atoms with Crippen LogP contribution in [-0.4, -0.2) is 15.9 Å². The molecule has 6 nitrogen and oxygen atoms in total. The summed E-state index contributed by atoms with van der Waals surface area (Å²) in [7, 11) is 0. The van der Waals surface area contributed by atoms with Crippen LogP contribution in [0.5, 0.6) is 0 Å². The minimum absolute atomic E-state index is 0.190. The molecule has 0 aliphatic rings. The van der Waals surface area contributed by atoms with E-state index in [1.807, 2.05) is 42.6 Å². The number of rotatable bonds is 4. The highest BCUT2D eigenvalue weighted by Crippen LogP contribution is 2.22. The van der Waals surface area contributed by atoms with E-state index in [-0.39, 0.29) is 11.8 Å². The van der Waals surface area contributed by atoms with Crippen molar-refractivity contribution >= 4 is 44.4 Å². The lowest BCUT2D eigenvalue weighted by Crippen LogP contribution is -2.26. The molecule has 0 radical (unpaired) electrons. The molecular weight excluding hydrogens is 374 g/mol. The van der Waals surface area contributed by atoms with Crippen LogP contribution in [0.3, 0.4) is 0 Å². The summed E-state index contributed by atoms with van der Waals surface area (Å²) in [4.78, 5) is 33.8. The van der Waals surface area contributed by atoms with Crippen LogP contribution in [0, 0.1) is 6.92 Å². The predicted octanol–water partition coefficient (Wildman–Crippen LogP) is 4.00. The Morgan fingerprint density at radius 2 is 2.11 bits per heavy atom. The SMILES string of the molecule is Cc1csc2nc(C(C)NC(=O)/C=C/c3ccnc4ccccc34)oc(=O)c12. The number of pyridine rings is 1. The topological polar surface area (TPSA) is 85.1 Å². The lowest BCUT2D eigenvalue weighted by atomic mass is 10.1. The number of nitrogens with one attached hydrogen (secondary N) is 1. The third kappa shape index (κ3) is 3.44. The maximum atomic E-state index is 12.3. The first-order valence-electron chi connectivity index (χ1n) is 8.74. The van der Waals surface area contributed by atoms with Crippen molar-refractivity contribution in [2.24, 2.45) is 0 Å². The molecule has 1 atom stereocenters. The predicted molar refractivity (Wildman–Crippen MR) is 110 cm³/mol. The summed E-state index contributed by atoms with van der Waals surface area (Å²) in [5.41, 5.74) is 2.17. The molecule has 1 amide bonds. The molecule has 3 aromatic heterocycles. The van der Waals surface area contributed by atoms with Gasteiger partial charge in [-0.2, -0.15) is 0 Å². The van der Waals surface area contributed by atoms with E-state index in [4.69, 9.17) is 4.42 Å². The van der Waals surface area contributed by atoms with E-state index in [0.717, 1.165) is 22.0 Å². The quantitative estimate of drug-likeness (QED) is 0.532. The third-order valence-corrected chi connectivity index (χ3v) is 5.38. The number of amides is 1. The zero-order valence-electron chi connectivity index (χ0n) is 15.3. The Morgan fingerprint density at radius 1 is 1.29 bits per heavy atom. The Morgan fingerprint density at radius 3 is 2.96 bits per heavy atom. The van der Waals surface area contributed by atoms with Crippen LogP contribution in [0.15, 0.2) is 57.2 Å². The van der Waals surface area contributed by atoms with Crippen molar-refractivity contribution in [2.45, 2.75) is 19.9 Å². The van der Waals surface area contributed by atoms with Crippen LogP contribution in [0.25, 0.3) is 27.2 Å². The Hall–Kier alpha value is -3.32. The molecule has 28 heavy (non-hydrogen) atoms. The molecule has 1 aromatic carbocycles. The summed E-state index contributed by atoms with van der Waals surface area (Å²) in [6.45, 7) is 3.57. The molecular formula is C21H17N3O3S. The van der Waals surface area contributed by atoms with Crippen molar-refractivity contribution in [3.63, 3.8) is 0 Å². The average molecular weight is 391 g/mol. The summed E-state index contributed by atoms with van der Waals surface area (Å²) < 4.78 is 5.31. The maximum Gasteiger partial charge on any atom is 0.348 e.